The van der Waals surface area contributed by atoms with Crippen LogP contribution in [0.1, 0.15) is 43.1 Å². The molecule has 2 aromatic carbocycles. The maximum atomic E-state index is 13.7. The number of aromatic nitrogens is 1. The minimum atomic E-state index is -0.537. The molecule has 2 amide bonds. The number of H-pyrrole nitrogens is 1. The predicted molar refractivity (Wildman–Crippen MR) is 125 cm³/mol. The van der Waals surface area contributed by atoms with Gasteiger partial charge in [-0.3, -0.25) is 9.59 Å². The van der Waals surface area contributed by atoms with E-state index in [1.807, 2.05) is 50.2 Å². The van der Waals surface area contributed by atoms with Crippen LogP contribution in [0.25, 0.3) is 10.9 Å². The summed E-state index contributed by atoms with van der Waals surface area (Å²) in [5, 5.41) is 1.10. The van der Waals surface area contributed by atoms with Gasteiger partial charge in [0.2, 0.25) is 11.8 Å². The monoisotopic (exact) mass is 447 g/mol. The van der Waals surface area contributed by atoms with E-state index in [0.29, 0.717) is 17.9 Å². The zero-order valence-electron chi connectivity index (χ0n) is 19.4. The predicted octanol–water partition coefficient (Wildman–Crippen LogP) is 3.67. The number of fused-ring (bicyclic) bond motifs is 4. The smallest absolute Gasteiger partial charge is 0.246 e. The highest BCUT2D eigenvalue weighted by Crippen LogP contribution is 2.44. The molecule has 3 atom stereocenters. The molecule has 3 aromatic rings. The summed E-state index contributed by atoms with van der Waals surface area (Å²) in [6.07, 6.45) is 1.31. The molecule has 7 nitrogen and oxygen atoms in total. The van der Waals surface area contributed by atoms with Crippen LogP contribution in [-0.4, -0.2) is 59.4 Å². The fourth-order valence-corrected chi connectivity index (χ4v) is 5.25. The quantitative estimate of drug-likeness (QED) is 0.648. The summed E-state index contributed by atoms with van der Waals surface area (Å²) in [4.78, 5) is 34.3. The van der Waals surface area contributed by atoms with Gasteiger partial charge < -0.3 is 24.3 Å². The average Bonchev–Trinajstić information content (AvgIpc) is 3.22. The van der Waals surface area contributed by atoms with E-state index in [0.717, 1.165) is 34.1 Å². The van der Waals surface area contributed by atoms with Crippen LogP contribution in [0.4, 0.5) is 0 Å². The lowest BCUT2D eigenvalue weighted by Gasteiger charge is -2.48. The molecule has 1 fully saturated rings. The molecule has 1 aromatic heterocycles. The largest absolute Gasteiger partial charge is 0.493 e. The van der Waals surface area contributed by atoms with Crippen molar-refractivity contribution < 1.29 is 19.1 Å². The number of benzene rings is 2. The molecule has 0 bridgehead atoms. The number of aromatic amines is 1. The Balaban J connectivity index is 1.70. The Kier molecular flexibility index (Phi) is 5.27. The van der Waals surface area contributed by atoms with Gasteiger partial charge in [-0.05, 0) is 42.7 Å². The Bertz CT molecular complexity index is 1230. The lowest BCUT2D eigenvalue weighted by Crippen LogP contribution is -2.64. The van der Waals surface area contributed by atoms with Crippen LogP contribution in [0.3, 0.4) is 0 Å². The van der Waals surface area contributed by atoms with Crippen molar-refractivity contribution in [3.8, 4) is 11.5 Å². The normalized spacial score (nSPS) is 21.1. The fraction of sp³-hybridized carbons (Fsp3) is 0.385. The molecule has 1 N–H and O–H groups in total. The second-order valence-corrected chi connectivity index (χ2v) is 8.82. The van der Waals surface area contributed by atoms with Gasteiger partial charge in [0.15, 0.2) is 11.5 Å². The number of nitrogens with zero attached hydrogens (tertiary/aromatic N) is 2. The lowest BCUT2D eigenvalue weighted by molar-refractivity contribution is -0.160. The topological polar surface area (TPSA) is 74.9 Å². The Morgan fingerprint density at radius 1 is 1.09 bits per heavy atom. The number of ether oxygens (including phenoxy) is 2. The zero-order valence-corrected chi connectivity index (χ0v) is 19.4. The number of amides is 2. The van der Waals surface area contributed by atoms with E-state index in [9.17, 15) is 9.59 Å². The second-order valence-electron chi connectivity index (χ2n) is 8.82. The van der Waals surface area contributed by atoms with Gasteiger partial charge in [-0.15, -0.1) is 0 Å². The van der Waals surface area contributed by atoms with E-state index < -0.39 is 12.1 Å². The third kappa shape index (κ3) is 3.25. The SMILES string of the molecule is CC[C@H](C)N1CC(=O)N2[C@H](c3ccc(OC)c(OC)c3)c3[nH]c4ccccc4c3C[C@H]2C1=O. The van der Waals surface area contributed by atoms with Gasteiger partial charge in [0.25, 0.3) is 0 Å². The van der Waals surface area contributed by atoms with Crippen molar-refractivity contribution in [2.24, 2.45) is 0 Å². The molecule has 0 spiro atoms. The molecular weight excluding hydrogens is 418 g/mol. The van der Waals surface area contributed by atoms with Gasteiger partial charge in [-0.25, -0.2) is 0 Å². The summed E-state index contributed by atoms with van der Waals surface area (Å²) >= 11 is 0. The number of para-hydroxylation sites is 1. The Labute approximate surface area is 193 Å². The lowest BCUT2D eigenvalue weighted by atomic mass is 9.85. The molecule has 33 heavy (non-hydrogen) atoms. The van der Waals surface area contributed by atoms with Gasteiger partial charge in [0.05, 0.1) is 20.3 Å². The van der Waals surface area contributed by atoms with Gasteiger partial charge >= 0.3 is 0 Å². The molecule has 2 aliphatic rings. The van der Waals surface area contributed by atoms with Crippen molar-refractivity contribution in [1.29, 1.82) is 0 Å². The number of rotatable bonds is 5. The number of methoxy groups -OCH3 is 2. The molecule has 0 saturated carbocycles. The van der Waals surface area contributed by atoms with Crippen LogP contribution in [-0.2, 0) is 16.0 Å². The van der Waals surface area contributed by atoms with Crippen molar-refractivity contribution in [2.75, 3.05) is 20.8 Å². The van der Waals surface area contributed by atoms with E-state index in [1.165, 1.54) is 0 Å². The molecule has 1 saturated heterocycles. The first-order chi connectivity index (χ1) is 16.0. The number of piperazine rings is 1. The van der Waals surface area contributed by atoms with Crippen molar-refractivity contribution in [2.45, 2.75) is 44.8 Å². The highest BCUT2D eigenvalue weighted by Gasteiger charge is 2.49. The van der Waals surface area contributed by atoms with Crippen molar-refractivity contribution >= 4 is 22.7 Å². The summed E-state index contributed by atoms with van der Waals surface area (Å²) in [5.74, 6) is 1.19. The van der Waals surface area contributed by atoms with Gasteiger partial charge in [0, 0.05) is 29.1 Å². The highest BCUT2D eigenvalue weighted by atomic mass is 16.5. The van der Waals surface area contributed by atoms with Crippen LogP contribution in [0.15, 0.2) is 42.5 Å². The molecular formula is C26H29N3O4. The Morgan fingerprint density at radius 2 is 1.85 bits per heavy atom. The Morgan fingerprint density at radius 3 is 2.58 bits per heavy atom. The maximum Gasteiger partial charge on any atom is 0.246 e. The third-order valence-corrected chi connectivity index (χ3v) is 7.14. The van der Waals surface area contributed by atoms with E-state index in [2.05, 4.69) is 11.1 Å². The second kappa shape index (κ2) is 8.14. The van der Waals surface area contributed by atoms with Crippen molar-refractivity contribution in [3.05, 3.63) is 59.3 Å². The van der Waals surface area contributed by atoms with Crippen LogP contribution >= 0.6 is 0 Å². The zero-order chi connectivity index (χ0) is 23.3. The third-order valence-electron chi connectivity index (χ3n) is 7.14. The molecule has 3 heterocycles. The van der Waals surface area contributed by atoms with Gasteiger partial charge in [-0.2, -0.15) is 0 Å². The molecule has 0 unspecified atom stereocenters. The van der Waals surface area contributed by atoms with Crippen molar-refractivity contribution in [3.63, 3.8) is 0 Å². The molecule has 0 radical (unpaired) electrons. The minimum absolute atomic E-state index is 0.0188. The maximum absolute atomic E-state index is 13.7. The van der Waals surface area contributed by atoms with Gasteiger partial charge in [0.1, 0.15) is 12.6 Å². The molecule has 0 aliphatic carbocycles. The first kappa shape index (κ1) is 21.4. The first-order valence-corrected chi connectivity index (χ1v) is 11.4. The summed E-state index contributed by atoms with van der Waals surface area (Å²) < 4.78 is 11.0. The summed E-state index contributed by atoms with van der Waals surface area (Å²) in [6.45, 7) is 4.15. The number of nitrogens with one attached hydrogen (secondary N) is 1. The minimum Gasteiger partial charge on any atom is -0.493 e. The number of hydrogen-bond donors (Lipinski definition) is 1. The molecule has 172 valence electrons. The summed E-state index contributed by atoms with van der Waals surface area (Å²) in [6, 6.07) is 12.9. The molecule has 2 aliphatic heterocycles. The fourth-order valence-electron chi connectivity index (χ4n) is 5.25. The van der Waals surface area contributed by atoms with Gasteiger partial charge in [-0.1, -0.05) is 31.2 Å². The van der Waals surface area contributed by atoms with E-state index >= 15 is 0 Å². The van der Waals surface area contributed by atoms with E-state index in [4.69, 9.17) is 9.47 Å². The number of carbonyl (C=O) groups is 2. The van der Waals surface area contributed by atoms with E-state index in [-0.39, 0.29) is 24.4 Å². The first-order valence-electron chi connectivity index (χ1n) is 11.4. The number of hydrogen-bond acceptors (Lipinski definition) is 4. The highest BCUT2D eigenvalue weighted by molar-refractivity contribution is 5.97. The van der Waals surface area contributed by atoms with E-state index in [1.54, 1.807) is 24.0 Å². The van der Waals surface area contributed by atoms with Crippen LogP contribution < -0.4 is 9.47 Å². The van der Waals surface area contributed by atoms with Crippen LogP contribution in [0, 0.1) is 0 Å². The number of carbonyl (C=O) groups excluding carboxylic acids is 2. The molecule has 7 heteroatoms. The van der Waals surface area contributed by atoms with Crippen LogP contribution in [0.5, 0.6) is 11.5 Å². The molecule has 5 rings (SSSR count). The Hall–Kier alpha value is -3.48. The van der Waals surface area contributed by atoms with Crippen molar-refractivity contribution in [1.82, 2.24) is 14.8 Å². The summed E-state index contributed by atoms with van der Waals surface area (Å²) in [5.41, 5.74) is 3.94. The summed E-state index contributed by atoms with van der Waals surface area (Å²) in [7, 11) is 3.19. The average molecular weight is 448 g/mol. The van der Waals surface area contributed by atoms with Crippen LogP contribution in [0.2, 0.25) is 0 Å². The standard InChI is InChI=1S/C26H29N3O4/c1-5-15(2)28-14-23(30)29-20(26(28)31)13-18-17-8-6-7-9-19(17)27-24(18)25(29)16-10-11-21(32-3)22(12-16)33-4/h6-12,15,20,25,27H,5,13-14H2,1-4H3/t15-,20-,25+/m0/s1.